The minimum Gasteiger partial charge on any atom is -0.317 e. The fourth-order valence-corrected chi connectivity index (χ4v) is 2.61. The number of hydrogen-bond donors (Lipinski definition) is 1. The third-order valence-electron chi connectivity index (χ3n) is 3.79. The zero-order chi connectivity index (χ0) is 13.2. The quantitative estimate of drug-likeness (QED) is 0.896. The third kappa shape index (κ3) is 2.54. The molecule has 0 amide bonds. The molecule has 2 heterocycles. The highest BCUT2D eigenvalue weighted by atomic mass is 15.3. The van der Waals surface area contributed by atoms with Crippen LogP contribution >= 0.6 is 0 Å². The van der Waals surface area contributed by atoms with E-state index in [2.05, 4.69) is 41.6 Å². The van der Waals surface area contributed by atoms with Crippen molar-refractivity contribution in [2.24, 2.45) is 7.05 Å². The summed E-state index contributed by atoms with van der Waals surface area (Å²) in [7, 11) is 1.98. The summed E-state index contributed by atoms with van der Waals surface area (Å²) in [5.74, 6) is 2.47. The Hall–Kier alpha value is -1.68. The Kier molecular flexibility index (Phi) is 3.34. The highest BCUT2D eigenvalue weighted by Crippen LogP contribution is 2.25. The fourth-order valence-electron chi connectivity index (χ4n) is 2.61. The second-order valence-electron chi connectivity index (χ2n) is 5.31. The van der Waals surface area contributed by atoms with Gasteiger partial charge in [0.15, 0.2) is 11.6 Å². The maximum absolute atomic E-state index is 4.76. The van der Waals surface area contributed by atoms with E-state index in [1.165, 1.54) is 5.56 Å². The third-order valence-corrected chi connectivity index (χ3v) is 3.79. The highest BCUT2D eigenvalue weighted by molar-refractivity contribution is 5.55. The van der Waals surface area contributed by atoms with Crippen molar-refractivity contribution in [3.8, 4) is 11.4 Å². The lowest BCUT2D eigenvalue weighted by Gasteiger charge is -2.19. The number of rotatable bonds is 2. The first-order valence-electron chi connectivity index (χ1n) is 6.93. The molecule has 0 radical (unpaired) electrons. The van der Waals surface area contributed by atoms with Crippen LogP contribution in [0.25, 0.3) is 11.4 Å². The van der Waals surface area contributed by atoms with Crippen molar-refractivity contribution in [2.45, 2.75) is 25.7 Å². The molecule has 0 saturated carbocycles. The number of hydrogen-bond acceptors (Lipinski definition) is 3. The SMILES string of the molecule is Cc1ccc(-c2nc(C3CCNCC3)nn2C)cc1. The molecule has 1 aromatic heterocycles. The molecule has 1 fully saturated rings. The molecule has 0 atom stereocenters. The first-order chi connectivity index (χ1) is 9.24. The summed E-state index contributed by atoms with van der Waals surface area (Å²) < 4.78 is 1.90. The normalized spacial score (nSPS) is 16.7. The van der Waals surface area contributed by atoms with E-state index < -0.39 is 0 Å². The van der Waals surface area contributed by atoms with Crippen molar-refractivity contribution >= 4 is 0 Å². The van der Waals surface area contributed by atoms with Crippen LogP contribution in [0.4, 0.5) is 0 Å². The molecular weight excluding hydrogens is 236 g/mol. The molecule has 0 unspecified atom stereocenters. The largest absolute Gasteiger partial charge is 0.317 e. The van der Waals surface area contributed by atoms with Gasteiger partial charge in [0, 0.05) is 18.5 Å². The predicted octanol–water partition coefficient (Wildman–Crippen LogP) is 2.26. The minimum absolute atomic E-state index is 0.506. The maximum atomic E-state index is 4.76. The molecule has 1 aliphatic rings. The molecule has 1 saturated heterocycles. The van der Waals surface area contributed by atoms with E-state index in [0.717, 1.165) is 43.1 Å². The Balaban J connectivity index is 1.90. The van der Waals surface area contributed by atoms with Gasteiger partial charge >= 0.3 is 0 Å². The molecule has 19 heavy (non-hydrogen) atoms. The lowest BCUT2D eigenvalue weighted by atomic mass is 9.98. The van der Waals surface area contributed by atoms with Gasteiger partial charge in [-0.15, -0.1) is 0 Å². The number of nitrogens with zero attached hydrogens (tertiary/aromatic N) is 3. The Labute approximate surface area is 113 Å². The van der Waals surface area contributed by atoms with E-state index in [9.17, 15) is 0 Å². The van der Waals surface area contributed by atoms with E-state index in [1.807, 2.05) is 11.7 Å². The molecular formula is C15H20N4. The van der Waals surface area contributed by atoms with E-state index in [-0.39, 0.29) is 0 Å². The van der Waals surface area contributed by atoms with Gasteiger partial charge in [-0.3, -0.25) is 0 Å². The van der Waals surface area contributed by atoms with Crippen LogP contribution in [0.5, 0.6) is 0 Å². The van der Waals surface area contributed by atoms with Crippen LogP contribution in [0, 0.1) is 6.92 Å². The Morgan fingerprint density at radius 2 is 1.84 bits per heavy atom. The molecule has 100 valence electrons. The van der Waals surface area contributed by atoms with Crippen LogP contribution in [-0.4, -0.2) is 27.9 Å². The van der Waals surface area contributed by atoms with Crippen molar-refractivity contribution in [3.05, 3.63) is 35.7 Å². The zero-order valence-corrected chi connectivity index (χ0v) is 11.6. The van der Waals surface area contributed by atoms with Crippen LogP contribution in [0.3, 0.4) is 0 Å². The van der Waals surface area contributed by atoms with Gasteiger partial charge in [-0.1, -0.05) is 29.8 Å². The summed E-state index contributed by atoms with van der Waals surface area (Å²) >= 11 is 0. The summed E-state index contributed by atoms with van der Waals surface area (Å²) in [6, 6.07) is 8.47. The summed E-state index contributed by atoms with van der Waals surface area (Å²) in [6.45, 7) is 4.24. The molecule has 1 aliphatic heterocycles. The van der Waals surface area contributed by atoms with E-state index in [0.29, 0.717) is 5.92 Å². The topological polar surface area (TPSA) is 42.7 Å². The molecule has 1 aromatic carbocycles. The van der Waals surface area contributed by atoms with Gasteiger partial charge in [0.25, 0.3) is 0 Å². The number of nitrogens with one attached hydrogen (secondary N) is 1. The number of aromatic nitrogens is 3. The van der Waals surface area contributed by atoms with Crippen LogP contribution in [0.1, 0.15) is 30.1 Å². The van der Waals surface area contributed by atoms with Gasteiger partial charge in [0.2, 0.25) is 0 Å². The Morgan fingerprint density at radius 3 is 2.53 bits per heavy atom. The van der Waals surface area contributed by atoms with Crippen molar-refractivity contribution in [2.75, 3.05) is 13.1 Å². The zero-order valence-electron chi connectivity index (χ0n) is 11.6. The van der Waals surface area contributed by atoms with Crippen LogP contribution in [-0.2, 0) is 7.05 Å². The van der Waals surface area contributed by atoms with Crippen molar-refractivity contribution in [1.82, 2.24) is 20.1 Å². The smallest absolute Gasteiger partial charge is 0.158 e. The summed E-state index contributed by atoms with van der Waals surface area (Å²) in [6.07, 6.45) is 2.27. The van der Waals surface area contributed by atoms with Crippen LogP contribution in [0.2, 0.25) is 0 Å². The van der Waals surface area contributed by atoms with Crippen LogP contribution < -0.4 is 5.32 Å². The van der Waals surface area contributed by atoms with E-state index in [1.54, 1.807) is 0 Å². The lowest BCUT2D eigenvalue weighted by Crippen LogP contribution is -2.27. The van der Waals surface area contributed by atoms with Gasteiger partial charge in [-0.2, -0.15) is 5.10 Å². The van der Waals surface area contributed by atoms with Crippen molar-refractivity contribution < 1.29 is 0 Å². The second kappa shape index (κ2) is 5.13. The number of aryl methyl sites for hydroxylation is 2. The number of piperidine rings is 1. The molecule has 4 heteroatoms. The molecule has 0 bridgehead atoms. The maximum Gasteiger partial charge on any atom is 0.158 e. The fraction of sp³-hybridized carbons (Fsp3) is 0.467. The minimum atomic E-state index is 0.506. The monoisotopic (exact) mass is 256 g/mol. The lowest BCUT2D eigenvalue weighted by molar-refractivity contribution is 0.443. The molecule has 4 nitrogen and oxygen atoms in total. The predicted molar refractivity (Wildman–Crippen MR) is 76.0 cm³/mol. The summed E-state index contributed by atoms with van der Waals surface area (Å²) in [4.78, 5) is 4.76. The standard InChI is InChI=1S/C15H20N4/c1-11-3-5-13(6-4-11)15-17-14(18-19(15)2)12-7-9-16-10-8-12/h3-6,12,16H,7-10H2,1-2H3. The van der Waals surface area contributed by atoms with Gasteiger partial charge < -0.3 is 5.32 Å². The molecule has 3 rings (SSSR count). The Morgan fingerprint density at radius 1 is 1.16 bits per heavy atom. The first kappa shape index (κ1) is 12.4. The molecule has 0 aliphatic carbocycles. The van der Waals surface area contributed by atoms with Gasteiger partial charge in [-0.25, -0.2) is 9.67 Å². The number of benzene rings is 1. The van der Waals surface area contributed by atoms with Crippen molar-refractivity contribution in [1.29, 1.82) is 0 Å². The molecule has 1 N–H and O–H groups in total. The van der Waals surface area contributed by atoms with Gasteiger partial charge in [-0.05, 0) is 32.9 Å². The second-order valence-corrected chi connectivity index (χ2v) is 5.31. The Bertz CT molecular complexity index is 550. The molecule has 0 spiro atoms. The highest BCUT2D eigenvalue weighted by Gasteiger charge is 2.20. The average molecular weight is 256 g/mol. The average Bonchev–Trinajstić information content (AvgIpc) is 2.83. The molecule has 2 aromatic rings. The van der Waals surface area contributed by atoms with Gasteiger partial charge in [0.05, 0.1) is 0 Å². The van der Waals surface area contributed by atoms with Gasteiger partial charge in [0.1, 0.15) is 0 Å². The summed E-state index contributed by atoms with van der Waals surface area (Å²) in [5.41, 5.74) is 2.41. The van der Waals surface area contributed by atoms with Crippen LogP contribution in [0.15, 0.2) is 24.3 Å². The summed E-state index contributed by atoms with van der Waals surface area (Å²) in [5, 5.41) is 7.99. The van der Waals surface area contributed by atoms with E-state index in [4.69, 9.17) is 4.98 Å². The van der Waals surface area contributed by atoms with E-state index >= 15 is 0 Å². The van der Waals surface area contributed by atoms with Crippen molar-refractivity contribution in [3.63, 3.8) is 0 Å². The first-order valence-corrected chi connectivity index (χ1v) is 6.93.